The molecule has 0 aliphatic carbocycles. The molecule has 0 aliphatic heterocycles. The summed E-state index contributed by atoms with van der Waals surface area (Å²) in [5.74, 6) is -2.38. The van der Waals surface area contributed by atoms with Crippen molar-refractivity contribution in [1.29, 1.82) is 0 Å². The molecular formula is C15H11BrF3NO. The van der Waals surface area contributed by atoms with Crippen molar-refractivity contribution in [2.75, 3.05) is 5.32 Å². The molecule has 0 saturated carbocycles. The molecule has 0 radical (unpaired) electrons. The lowest BCUT2D eigenvalue weighted by atomic mass is 10.1. The van der Waals surface area contributed by atoms with E-state index in [4.69, 9.17) is 0 Å². The van der Waals surface area contributed by atoms with Gasteiger partial charge in [0.25, 0.3) is 0 Å². The van der Waals surface area contributed by atoms with Gasteiger partial charge in [-0.15, -0.1) is 0 Å². The van der Waals surface area contributed by atoms with Crippen LogP contribution in [0.2, 0.25) is 0 Å². The molecule has 0 atom stereocenters. The van der Waals surface area contributed by atoms with Crippen LogP contribution in [0.4, 0.5) is 18.9 Å². The Hall–Kier alpha value is -1.82. The van der Waals surface area contributed by atoms with Crippen LogP contribution in [0.1, 0.15) is 11.1 Å². The Morgan fingerprint density at radius 3 is 2.52 bits per heavy atom. The monoisotopic (exact) mass is 357 g/mol. The molecule has 0 fully saturated rings. The Kier molecular flexibility index (Phi) is 4.67. The Bertz CT molecular complexity index is 704. The Morgan fingerprint density at radius 1 is 1.14 bits per heavy atom. The minimum Gasteiger partial charge on any atom is -0.326 e. The van der Waals surface area contributed by atoms with E-state index >= 15 is 0 Å². The first-order chi connectivity index (χ1) is 9.86. The fraction of sp³-hybridized carbons (Fsp3) is 0.133. The van der Waals surface area contributed by atoms with Gasteiger partial charge in [-0.25, -0.2) is 13.2 Å². The third-order valence-electron chi connectivity index (χ3n) is 2.91. The molecule has 2 aromatic carbocycles. The summed E-state index contributed by atoms with van der Waals surface area (Å²) in [6.45, 7) is 1.64. The van der Waals surface area contributed by atoms with Crippen LogP contribution in [0.15, 0.2) is 34.8 Å². The summed E-state index contributed by atoms with van der Waals surface area (Å²) >= 11 is 3.03. The molecule has 0 aromatic heterocycles. The molecule has 6 heteroatoms. The lowest BCUT2D eigenvalue weighted by molar-refractivity contribution is -0.115. The number of amides is 1. The quantitative estimate of drug-likeness (QED) is 0.868. The van der Waals surface area contributed by atoms with Gasteiger partial charge < -0.3 is 5.32 Å². The maximum absolute atomic E-state index is 13.5. The zero-order valence-electron chi connectivity index (χ0n) is 11.0. The summed E-state index contributed by atoms with van der Waals surface area (Å²) < 4.78 is 39.8. The zero-order chi connectivity index (χ0) is 15.6. The van der Waals surface area contributed by atoms with Gasteiger partial charge in [0.1, 0.15) is 17.5 Å². The second-order valence-corrected chi connectivity index (χ2v) is 5.40. The standard InChI is InChI=1S/C15H11BrF3NO/c1-8-4-13(19)11(16)7-14(8)20-15(21)5-9-2-3-10(17)6-12(9)18/h2-4,6-7H,5H2,1H3,(H,20,21). The summed E-state index contributed by atoms with van der Waals surface area (Å²) in [7, 11) is 0. The highest BCUT2D eigenvalue weighted by molar-refractivity contribution is 9.10. The maximum Gasteiger partial charge on any atom is 0.228 e. The van der Waals surface area contributed by atoms with E-state index in [1.807, 2.05) is 0 Å². The van der Waals surface area contributed by atoms with Crippen LogP contribution in [0.25, 0.3) is 0 Å². The molecule has 21 heavy (non-hydrogen) atoms. The van der Waals surface area contributed by atoms with E-state index in [1.54, 1.807) is 6.92 Å². The van der Waals surface area contributed by atoms with Crippen molar-refractivity contribution in [3.8, 4) is 0 Å². The van der Waals surface area contributed by atoms with Crippen LogP contribution in [-0.2, 0) is 11.2 Å². The lowest BCUT2D eigenvalue weighted by Crippen LogP contribution is -2.16. The fourth-order valence-corrected chi connectivity index (χ4v) is 2.16. The number of benzene rings is 2. The predicted molar refractivity (Wildman–Crippen MR) is 77.5 cm³/mol. The van der Waals surface area contributed by atoms with Crippen LogP contribution in [0, 0.1) is 24.4 Å². The van der Waals surface area contributed by atoms with E-state index in [-0.39, 0.29) is 16.5 Å². The van der Waals surface area contributed by atoms with E-state index in [2.05, 4.69) is 21.2 Å². The van der Waals surface area contributed by atoms with E-state index in [0.29, 0.717) is 11.3 Å². The number of carbonyl (C=O) groups is 1. The topological polar surface area (TPSA) is 29.1 Å². The third kappa shape index (κ3) is 3.85. The van der Waals surface area contributed by atoms with Gasteiger partial charge in [-0.3, -0.25) is 4.79 Å². The van der Waals surface area contributed by atoms with Crippen LogP contribution >= 0.6 is 15.9 Å². The van der Waals surface area contributed by atoms with E-state index in [9.17, 15) is 18.0 Å². The molecule has 0 heterocycles. The molecule has 2 aromatic rings. The second kappa shape index (κ2) is 6.30. The summed E-state index contributed by atoms with van der Waals surface area (Å²) in [5, 5.41) is 2.57. The van der Waals surface area contributed by atoms with E-state index < -0.39 is 23.4 Å². The first-order valence-electron chi connectivity index (χ1n) is 6.06. The fourth-order valence-electron chi connectivity index (χ4n) is 1.81. The van der Waals surface area contributed by atoms with Crippen molar-refractivity contribution >= 4 is 27.5 Å². The summed E-state index contributed by atoms with van der Waals surface area (Å²) in [6.07, 6.45) is -0.236. The van der Waals surface area contributed by atoms with Gasteiger partial charge in [0, 0.05) is 11.8 Å². The van der Waals surface area contributed by atoms with Gasteiger partial charge in [-0.1, -0.05) is 6.07 Å². The van der Waals surface area contributed by atoms with Crippen molar-refractivity contribution < 1.29 is 18.0 Å². The molecule has 2 rings (SSSR count). The maximum atomic E-state index is 13.5. The van der Waals surface area contributed by atoms with Crippen LogP contribution in [0.3, 0.4) is 0 Å². The summed E-state index contributed by atoms with van der Waals surface area (Å²) in [6, 6.07) is 5.74. The minimum atomic E-state index is -0.776. The summed E-state index contributed by atoms with van der Waals surface area (Å²) in [5.41, 5.74) is 1.06. The van der Waals surface area contributed by atoms with Crippen molar-refractivity contribution in [3.05, 3.63) is 63.4 Å². The van der Waals surface area contributed by atoms with Crippen molar-refractivity contribution in [3.63, 3.8) is 0 Å². The lowest BCUT2D eigenvalue weighted by Gasteiger charge is -2.10. The van der Waals surface area contributed by atoms with Crippen molar-refractivity contribution in [2.45, 2.75) is 13.3 Å². The van der Waals surface area contributed by atoms with Crippen molar-refractivity contribution in [1.82, 2.24) is 0 Å². The van der Waals surface area contributed by atoms with Gasteiger partial charge in [0.15, 0.2) is 0 Å². The first-order valence-corrected chi connectivity index (χ1v) is 6.85. The van der Waals surface area contributed by atoms with Gasteiger partial charge in [-0.2, -0.15) is 0 Å². The molecular weight excluding hydrogens is 347 g/mol. The molecule has 0 saturated heterocycles. The van der Waals surface area contributed by atoms with E-state index in [0.717, 1.165) is 12.1 Å². The second-order valence-electron chi connectivity index (χ2n) is 4.54. The van der Waals surface area contributed by atoms with Gasteiger partial charge in [0.05, 0.1) is 10.9 Å². The number of anilines is 1. The van der Waals surface area contributed by atoms with Crippen LogP contribution < -0.4 is 5.32 Å². The van der Waals surface area contributed by atoms with Crippen LogP contribution in [0.5, 0.6) is 0 Å². The smallest absolute Gasteiger partial charge is 0.228 e. The first kappa shape index (κ1) is 15.6. The van der Waals surface area contributed by atoms with Crippen LogP contribution in [-0.4, -0.2) is 5.91 Å². The molecule has 0 bridgehead atoms. The normalized spacial score (nSPS) is 10.5. The SMILES string of the molecule is Cc1cc(F)c(Br)cc1NC(=O)Cc1ccc(F)cc1F. The number of halogens is 4. The van der Waals surface area contributed by atoms with Gasteiger partial charge in [-0.05, 0) is 52.2 Å². The summed E-state index contributed by atoms with van der Waals surface area (Å²) in [4.78, 5) is 11.9. The number of carbonyl (C=O) groups excluding carboxylic acids is 1. The number of hydrogen-bond acceptors (Lipinski definition) is 1. The highest BCUT2D eigenvalue weighted by Crippen LogP contribution is 2.24. The Morgan fingerprint density at radius 2 is 1.86 bits per heavy atom. The van der Waals surface area contributed by atoms with Gasteiger partial charge in [0.2, 0.25) is 5.91 Å². The number of aryl methyl sites for hydroxylation is 1. The zero-order valence-corrected chi connectivity index (χ0v) is 12.6. The molecule has 1 N–H and O–H groups in total. The molecule has 0 spiro atoms. The average molecular weight is 358 g/mol. The molecule has 2 nitrogen and oxygen atoms in total. The molecule has 0 aliphatic rings. The molecule has 0 unspecified atom stereocenters. The number of rotatable bonds is 3. The molecule has 110 valence electrons. The Balaban J connectivity index is 2.13. The Labute approximate surface area is 128 Å². The molecule has 1 amide bonds. The van der Waals surface area contributed by atoms with Gasteiger partial charge >= 0.3 is 0 Å². The average Bonchev–Trinajstić information content (AvgIpc) is 2.39. The predicted octanol–water partition coefficient (Wildman–Crippen LogP) is 4.36. The largest absolute Gasteiger partial charge is 0.326 e. The highest BCUT2D eigenvalue weighted by atomic mass is 79.9. The van der Waals surface area contributed by atoms with E-state index in [1.165, 1.54) is 18.2 Å². The number of nitrogens with one attached hydrogen (secondary N) is 1. The minimum absolute atomic E-state index is 0.0905. The number of hydrogen-bond donors (Lipinski definition) is 1. The third-order valence-corrected chi connectivity index (χ3v) is 3.52. The highest BCUT2D eigenvalue weighted by Gasteiger charge is 2.12. The van der Waals surface area contributed by atoms with Crippen molar-refractivity contribution in [2.24, 2.45) is 0 Å².